The Balaban J connectivity index is 0.000000212. The first-order valence-electron chi connectivity index (χ1n) is 8.06. The van der Waals surface area contributed by atoms with Crippen LogP contribution in [0, 0.1) is 27.7 Å². The molecule has 0 fully saturated rings. The monoisotopic (exact) mass is 395 g/mol. The van der Waals surface area contributed by atoms with E-state index in [1.54, 1.807) is 26.2 Å². The maximum atomic E-state index is 12.0. The van der Waals surface area contributed by atoms with E-state index in [1.165, 1.54) is 11.6 Å². The zero-order valence-corrected chi connectivity index (χ0v) is 16.3. The van der Waals surface area contributed by atoms with Crippen molar-refractivity contribution in [3.8, 4) is 0 Å². The molecular weight excluding hydrogens is 375 g/mol. The van der Waals surface area contributed by atoms with Crippen molar-refractivity contribution in [3.63, 3.8) is 0 Å². The van der Waals surface area contributed by atoms with Crippen LogP contribution in [0.25, 0.3) is 0 Å². The second-order valence-corrected chi connectivity index (χ2v) is 6.10. The molecule has 0 saturated heterocycles. The topological polar surface area (TPSA) is 38.7 Å². The standard InChI is InChI=1S/C8H8F3N.C6H6ClN.C6H7N/c1-5-3-4-7(8(9,10)11)12-6(5)2;1-5-3-2-4-8-6(5)7;1-6-3-2-4-7-5-6/h3-4H,1-2H3;2-4H,1H3;2-5H,1H3. The fourth-order valence-corrected chi connectivity index (χ4v) is 1.82. The summed E-state index contributed by atoms with van der Waals surface area (Å²) in [6, 6.07) is 10.1. The van der Waals surface area contributed by atoms with E-state index in [-0.39, 0.29) is 0 Å². The van der Waals surface area contributed by atoms with Gasteiger partial charge in [-0.1, -0.05) is 29.8 Å². The summed E-state index contributed by atoms with van der Waals surface area (Å²) < 4.78 is 36.1. The second-order valence-electron chi connectivity index (χ2n) is 5.74. The molecule has 0 spiro atoms. The number of aromatic nitrogens is 3. The molecule has 0 atom stereocenters. The largest absolute Gasteiger partial charge is 0.433 e. The number of alkyl halides is 3. The third-order valence-corrected chi connectivity index (χ3v) is 3.79. The van der Waals surface area contributed by atoms with Crippen LogP contribution in [0.5, 0.6) is 0 Å². The predicted molar refractivity (Wildman–Crippen MR) is 102 cm³/mol. The maximum Gasteiger partial charge on any atom is 0.433 e. The van der Waals surface area contributed by atoms with Gasteiger partial charge < -0.3 is 0 Å². The number of hydrogen-bond donors (Lipinski definition) is 0. The van der Waals surface area contributed by atoms with Crippen molar-refractivity contribution in [3.05, 3.63) is 88.2 Å². The Morgan fingerprint density at radius 1 is 0.852 bits per heavy atom. The number of pyridine rings is 3. The van der Waals surface area contributed by atoms with Gasteiger partial charge in [-0.3, -0.25) is 4.98 Å². The van der Waals surface area contributed by atoms with Crippen molar-refractivity contribution < 1.29 is 13.2 Å². The molecule has 3 rings (SSSR count). The van der Waals surface area contributed by atoms with E-state index in [9.17, 15) is 13.2 Å². The van der Waals surface area contributed by atoms with Crippen molar-refractivity contribution in [2.24, 2.45) is 0 Å². The zero-order valence-electron chi connectivity index (χ0n) is 15.5. The number of hydrogen-bond acceptors (Lipinski definition) is 3. The Morgan fingerprint density at radius 2 is 1.52 bits per heavy atom. The fourth-order valence-electron chi connectivity index (χ4n) is 1.70. The van der Waals surface area contributed by atoms with Crippen LogP contribution < -0.4 is 0 Å². The molecule has 0 aliphatic carbocycles. The van der Waals surface area contributed by atoms with Crippen LogP contribution in [0.15, 0.2) is 55.0 Å². The summed E-state index contributed by atoms with van der Waals surface area (Å²) in [7, 11) is 0. The number of aryl methyl sites for hydroxylation is 4. The molecule has 3 aromatic rings. The minimum absolute atomic E-state index is 0.421. The molecule has 0 saturated carbocycles. The summed E-state index contributed by atoms with van der Waals surface area (Å²) in [5.74, 6) is 0. The molecule has 27 heavy (non-hydrogen) atoms. The first kappa shape index (κ1) is 22.6. The predicted octanol–water partition coefficient (Wildman–Crippen LogP) is 6.15. The molecule has 0 aliphatic rings. The lowest BCUT2D eigenvalue weighted by molar-refractivity contribution is -0.141. The fraction of sp³-hybridized carbons (Fsp3) is 0.250. The molecular formula is C20H21ClF3N3. The SMILES string of the molecule is Cc1ccc(C(F)(F)F)nc1C.Cc1cccnc1.Cc1cccnc1Cl. The van der Waals surface area contributed by atoms with Crippen molar-refractivity contribution >= 4 is 11.6 Å². The number of nitrogens with zero attached hydrogens (tertiary/aromatic N) is 3. The van der Waals surface area contributed by atoms with Crippen LogP contribution in [-0.2, 0) is 6.18 Å². The van der Waals surface area contributed by atoms with E-state index in [2.05, 4.69) is 15.0 Å². The van der Waals surface area contributed by atoms with Crippen LogP contribution >= 0.6 is 11.6 Å². The van der Waals surface area contributed by atoms with Gasteiger partial charge in [-0.25, -0.2) is 9.97 Å². The minimum Gasteiger partial charge on any atom is -0.264 e. The Morgan fingerprint density at radius 3 is 1.89 bits per heavy atom. The first-order chi connectivity index (χ1) is 12.6. The molecule has 0 bridgehead atoms. The highest BCUT2D eigenvalue weighted by molar-refractivity contribution is 6.30. The smallest absolute Gasteiger partial charge is 0.264 e. The van der Waals surface area contributed by atoms with Gasteiger partial charge in [0.05, 0.1) is 0 Å². The molecule has 0 amide bonds. The number of halogens is 4. The molecule has 0 radical (unpaired) electrons. The van der Waals surface area contributed by atoms with Crippen molar-refractivity contribution in [1.82, 2.24) is 15.0 Å². The third kappa shape index (κ3) is 8.64. The van der Waals surface area contributed by atoms with Gasteiger partial charge in [0.15, 0.2) is 0 Å². The summed E-state index contributed by atoms with van der Waals surface area (Å²) in [6.45, 7) is 7.23. The lowest BCUT2D eigenvalue weighted by Crippen LogP contribution is -2.08. The maximum absolute atomic E-state index is 12.0. The quantitative estimate of drug-likeness (QED) is 0.428. The highest BCUT2D eigenvalue weighted by Crippen LogP contribution is 2.27. The Bertz CT molecular complexity index is 816. The van der Waals surface area contributed by atoms with Crippen LogP contribution in [-0.4, -0.2) is 15.0 Å². The second kappa shape index (κ2) is 10.6. The van der Waals surface area contributed by atoms with E-state index in [4.69, 9.17) is 11.6 Å². The van der Waals surface area contributed by atoms with Gasteiger partial charge in [0.2, 0.25) is 0 Å². The highest BCUT2D eigenvalue weighted by atomic mass is 35.5. The summed E-state index contributed by atoms with van der Waals surface area (Å²) in [5, 5.41) is 0.590. The molecule has 0 unspecified atom stereocenters. The molecule has 7 heteroatoms. The highest BCUT2D eigenvalue weighted by Gasteiger charge is 2.32. The Labute approximate surface area is 162 Å². The summed E-state index contributed by atoms with van der Waals surface area (Å²) in [6.07, 6.45) is 0.945. The zero-order chi connectivity index (χ0) is 20.4. The van der Waals surface area contributed by atoms with Gasteiger partial charge in [-0.15, -0.1) is 0 Å². The van der Waals surface area contributed by atoms with E-state index in [1.807, 2.05) is 44.3 Å². The Hall–Kier alpha value is -2.47. The summed E-state index contributed by atoms with van der Waals surface area (Å²) >= 11 is 5.60. The third-order valence-electron chi connectivity index (χ3n) is 3.40. The lowest BCUT2D eigenvalue weighted by atomic mass is 10.2. The van der Waals surface area contributed by atoms with Crippen molar-refractivity contribution in [1.29, 1.82) is 0 Å². The average molecular weight is 396 g/mol. The molecule has 3 nitrogen and oxygen atoms in total. The molecule has 3 heterocycles. The molecule has 0 aromatic carbocycles. The van der Waals surface area contributed by atoms with Gasteiger partial charge in [-0.2, -0.15) is 13.2 Å². The van der Waals surface area contributed by atoms with Crippen LogP contribution in [0.2, 0.25) is 5.15 Å². The van der Waals surface area contributed by atoms with Gasteiger partial charge >= 0.3 is 6.18 Å². The van der Waals surface area contributed by atoms with E-state index in [0.717, 1.165) is 17.2 Å². The van der Waals surface area contributed by atoms with Crippen molar-refractivity contribution in [2.75, 3.05) is 0 Å². The first-order valence-corrected chi connectivity index (χ1v) is 8.44. The minimum atomic E-state index is -4.33. The van der Waals surface area contributed by atoms with Gasteiger partial charge in [0.1, 0.15) is 10.8 Å². The summed E-state index contributed by atoms with van der Waals surface area (Å²) in [5.41, 5.74) is 2.59. The van der Waals surface area contributed by atoms with E-state index < -0.39 is 11.9 Å². The number of rotatable bonds is 0. The summed E-state index contributed by atoms with van der Waals surface area (Å²) in [4.78, 5) is 11.1. The average Bonchev–Trinajstić information content (AvgIpc) is 2.61. The normalized spacial score (nSPS) is 10.2. The van der Waals surface area contributed by atoms with Crippen LogP contribution in [0.4, 0.5) is 13.2 Å². The molecule has 3 aromatic heterocycles. The molecule has 0 N–H and O–H groups in total. The van der Waals surface area contributed by atoms with E-state index >= 15 is 0 Å². The van der Waals surface area contributed by atoms with E-state index in [0.29, 0.717) is 10.8 Å². The van der Waals surface area contributed by atoms with Crippen LogP contribution in [0.3, 0.4) is 0 Å². The van der Waals surface area contributed by atoms with Crippen molar-refractivity contribution in [2.45, 2.75) is 33.9 Å². The van der Waals surface area contributed by atoms with Crippen LogP contribution in [0.1, 0.15) is 28.1 Å². The lowest BCUT2D eigenvalue weighted by Gasteiger charge is -2.06. The molecule has 144 valence electrons. The van der Waals surface area contributed by atoms with Gasteiger partial charge in [0.25, 0.3) is 0 Å². The van der Waals surface area contributed by atoms with Gasteiger partial charge in [-0.05, 0) is 62.6 Å². The Kier molecular flexibility index (Phi) is 8.88. The van der Waals surface area contributed by atoms with Gasteiger partial charge in [0, 0.05) is 24.3 Å². The molecule has 0 aliphatic heterocycles.